The van der Waals surface area contributed by atoms with E-state index in [-0.39, 0.29) is 24.3 Å². The minimum Gasteiger partial charge on any atom is -0.392 e. The molecule has 170 valence electrons. The molecule has 2 aromatic rings. The van der Waals surface area contributed by atoms with Crippen LogP contribution >= 0.6 is 0 Å². The Morgan fingerprint density at radius 1 is 1.35 bits per heavy atom. The number of nitrogens with zero attached hydrogens (tertiary/aromatic N) is 4. The number of carbonyl (C=O) groups excluding carboxylic acids is 1. The van der Waals surface area contributed by atoms with Crippen LogP contribution in [0, 0.1) is 5.92 Å². The van der Waals surface area contributed by atoms with E-state index in [4.69, 9.17) is 4.74 Å². The van der Waals surface area contributed by atoms with Crippen molar-refractivity contribution in [1.29, 1.82) is 0 Å². The molecular formula is C20H30N6O5. The number of aliphatic hydroxyl groups excluding tert-OH is 1. The standard InChI is InChI=1S/C20H30N6O5/c1-4-31-11-16(26-10-14(23-24-26)7-17(27)12(2)3)19(29)25-6-5-13(9-25)15-8-18(28)22-20(30)21-15/h8,10,12-13,16-17,27H,4-7,9,11H2,1-3H3,(H2,21,22,28,30). The highest BCUT2D eigenvalue weighted by Crippen LogP contribution is 2.26. The molecule has 1 amide bonds. The van der Waals surface area contributed by atoms with Crippen LogP contribution in [0.4, 0.5) is 0 Å². The highest BCUT2D eigenvalue weighted by Gasteiger charge is 2.34. The van der Waals surface area contributed by atoms with Gasteiger partial charge in [0.2, 0.25) is 5.91 Å². The summed E-state index contributed by atoms with van der Waals surface area (Å²) in [7, 11) is 0. The maximum absolute atomic E-state index is 13.3. The van der Waals surface area contributed by atoms with Gasteiger partial charge in [0.1, 0.15) is 0 Å². The lowest BCUT2D eigenvalue weighted by Crippen LogP contribution is -2.38. The molecule has 3 heterocycles. The molecule has 31 heavy (non-hydrogen) atoms. The zero-order chi connectivity index (χ0) is 22.5. The molecule has 2 aromatic heterocycles. The predicted molar refractivity (Wildman–Crippen MR) is 112 cm³/mol. The largest absolute Gasteiger partial charge is 0.392 e. The van der Waals surface area contributed by atoms with Gasteiger partial charge < -0.3 is 19.7 Å². The number of likely N-dealkylation sites (tertiary alicyclic amines) is 1. The van der Waals surface area contributed by atoms with Gasteiger partial charge >= 0.3 is 5.69 Å². The zero-order valence-electron chi connectivity index (χ0n) is 18.1. The average molecular weight is 434 g/mol. The Bertz CT molecular complexity index is 968. The fraction of sp³-hybridized carbons (Fsp3) is 0.650. The molecule has 0 radical (unpaired) electrons. The first-order valence-corrected chi connectivity index (χ1v) is 10.6. The van der Waals surface area contributed by atoms with Crippen LogP contribution in [0.2, 0.25) is 0 Å². The minimum atomic E-state index is -0.686. The van der Waals surface area contributed by atoms with Gasteiger partial charge in [-0.15, -0.1) is 5.10 Å². The van der Waals surface area contributed by atoms with Gasteiger partial charge in [0.25, 0.3) is 5.56 Å². The summed E-state index contributed by atoms with van der Waals surface area (Å²) in [5.74, 6) is -0.201. The average Bonchev–Trinajstić information content (AvgIpc) is 3.37. The smallest absolute Gasteiger partial charge is 0.325 e. The Morgan fingerprint density at radius 3 is 2.81 bits per heavy atom. The quantitative estimate of drug-likeness (QED) is 0.496. The molecule has 3 rings (SSSR count). The van der Waals surface area contributed by atoms with Crippen LogP contribution < -0.4 is 11.2 Å². The topological polar surface area (TPSA) is 146 Å². The number of aliphatic hydroxyl groups is 1. The number of aromatic amines is 2. The van der Waals surface area contributed by atoms with Crippen molar-refractivity contribution >= 4 is 5.91 Å². The highest BCUT2D eigenvalue weighted by atomic mass is 16.5. The Balaban J connectivity index is 1.74. The van der Waals surface area contributed by atoms with Crippen molar-refractivity contribution in [2.75, 3.05) is 26.3 Å². The highest BCUT2D eigenvalue weighted by molar-refractivity contribution is 5.81. The lowest BCUT2D eigenvalue weighted by Gasteiger charge is -2.23. The monoisotopic (exact) mass is 434 g/mol. The number of carbonyl (C=O) groups is 1. The van der Waals surface area contributed by atoms with E-state index in [1.54, 1.807) is 11.1 Å². The van der Waals surface area contributed by atoms with Crippen molar-refractivity contribution in [2.24, 2.45) is 5.92 Å². The molecular weight excluding hydrogens is 404 g/mol. The zero-order valence-corrected chi connectivity index (χ0v) is 18.1. The van der Waals surface area contributed by atoms with Crippen molar-refractivity contribution in [2.45, 2.75) is 51.7 Å². The van der Waals surface area contributed by atoms with Gasteiger partial charge in [-0.3, -0.25) is 14.6 Å². The third-order valence-corrected chi connectivity index (χ3v) is 5.55. The van der Waals surface area contributed by atoms with Crippen LogP contribution in [0.15, 0.2) is 21.9 Å². The molecule has 1 aliphatic heterocycles. The van der Waals surface area contributed by atoms with Gasteiger partial charge in [-0.25, -0.2) is 9.48 Å². The van der Waals surface area contributed by atoms with Crippen molar-refractivity contribution in [3.05, 3.63) is 44.5 Å². The van der Waals surface area contributed by atoms with E-state index in [2.05, 4.69) is 20.3 Å². The number of rotatable bonds is 9. The summed E-state index contributed by atoms with van der Waals surface area (Å²) in [5, 5.41) is 18.3. The second-order valence-electron chi connectivity index (χ2n) is 8.19. The van der Waals surface area contributed by atoms with E-state index in [9.17, 15) is 19.5 Å². The molecule has 3 unspecified atom stereocenters. The molecule has 1 fully saturated rings. The Labute approximate surface area is 179 Å². The SMILES string of the molecule is CCOCC(C(=O)N1CCC(c2cc(=O)[nH]c(=O)[nH]2)C1)n1cc(CC(O)C(C)C)nn1. The fourth-order valence-corrected chi connectivity index (χ4v) is 3.63. The van der Waals surface area contributed by atoms with Crippen LogP contribution in [0.3, 0.4) is 0 Å². The Kier molecular flexibility index (Phi) is 7.39. The molecule has 11 nitrogen and oxygen atoms in total. The van der Waals surface area contributed by atoms with Crippen molar-refractivity contribution in [1.82, 2.24) is 29.9 Å². The minimum absolute atomic E-state index is 0.0872. The normalized spacial score (nSPS) is 18.5. The maximum Gasteiger partial charge on any atom is 0.325 e. The van der Waals surface area contributed by atoms with Crippen molar-refractivity contribution in [3.63, 3.8) is 0 Å². The van der Waals surface area contributed by atoms with E-state index in [1.807, 2.05) is 20.8 Å². The van der Waals surface area contributed by atoms with Crippen LogP contribution in [0.5, 0.6) is 0 Å². The number of hydrogen-bond donors (Lipinski definition) is 3. The first-order valence-electron chi connectivity index (χ1n) is 10.6. The first-order chi connectivity index (χ1) is 14.8. The molecule has 0 aliphatic carbocycles. The third-order valence-electron chi connectivity index (χ3n) is 5.55. The number of H-pyrrole nitrogens is 2. The predicted octanol–water partition coefficient (Wildman–Crippen LogP) is -0.192. The maximum atomic E-state index is 13.3. The molecule has 1 aliphatic rings. The Hall–Kier alpha value is -2.79. The number of amides is 1. The van der Waals surface area contributed by atoms with E-state index < -0.39 is 23.4 Å². The molecule has 0 saturated carbocycles. The summed E-state index contributed by atoms with van der Waals surface area (Å²) >= 11 is 0. The summed E-state index contributed by atoms with van der Waals surface area (Å²) in [6, 6.07) is 0.677. The second-order valence-corrected chi connectivity index (χ2v) is 8.19. The van der Waals surface area contributed by atoms with Gasteiger partial charge in [-0.2, -0.15) is 0 Å². The number of ether oxygens (including phenoxy) is 1. The lowest BCUT2D eigenvalue weighted by molar-refractivity contribution is -0.136. The first kappa shape index (κ1) is 22.9. The molecule has 11 heteroatoms. The molecule has 3 N–H and O–H groups in total. The molecule has 0 bridgehead atoms. The van der Waals surface area contributed by atoms with Crippen LogP contribution in [0.25, 0.3) is 0 Å². The van der Waals surface area contributed by atoms with E-state index in [0.717, 1.165) is 0 Å². The van der Waals surface area contributed by atoms with Crippen molar-refractivity contribution in [3.8, 4) is 0 Å². The van der Waals surface area contributed by atoms with Gasteiger partial charge in [-0.1, -0.05) is 19.1 Å². The van der Waals surface area contributed by atoms with E-state index in [0.29, 0.717) is 43.9 Å². The van der Waals surface area contributed by atoms with Gasteiger partial charge in [-0.05, 0) is 19.3 Å². The van der Waals surface area contributed by atoms with Crippen LogP contribution in [-0.4, -0.2) is 73.3 Å². The van der Waals surface area contributed by atoms with Crippen LogP contribution in [-0.2, 0) is 16.0 Å². The fourth-order valence-electron chi connectivity index (χ4n) is 3.63. The van der Waals surface area contributed by atoms with E-state index in [1.165, 1.54) is 10.7 Å². The van der Waals surface area contributed by atoms with Crippen LogP contribution in [0.1, 0.15) is 50.5 Å². The summed E-state index contributed by atoms with van der Waals surface area (Å²) in [6.07, 6.45) is 2.13. The van der Waals surface area contributed by atoms with Crippen molar-refractivity contribution < 1.29 is 14.6 Å². The summed E-state index contributed by atoms with van der Waals surface area (Å²) in [4.78, 5) is 42.9. The molecule has 1 saturated heterocycles. The molecule has 0 aromatic carbocycles. The van der Waals surface area contributed by atoms with E-state index >= 15 is 0 Å². The molecule has 3 atom stereocenters. The number of aromatic nitrogens is 5. The summed E-state index contributed by atoms with van der Waals surface area (Å²) < 4.78 is 7.01. The van der Waals surface area contributed by atoms with Gasteiger partial charge in [0.05, 0.1) is 18.4 Å². The summed E-state index contributed by atoms with van der Waals surface area (Å²) in [6.45, 7) is 7.18. The second kappa shape index (κ2) is 10.0. The van der Waals surface area contributed by atoms with Gasteiger partial charge in [0, 0.05) is 50.0 Å². The Morgan fingerprint density at radius 2 is 2.13 bits per heavy atom. The number of hydrogen-bond acceptors (Lipinski definition) is 7. The third kappa shape index (κ3) is 5.67. The van der Waals surface area contributed by atoms with Gasteiger partial charge in [0.15, 0.2) is 6.04 Å². The molecule has 0 spiro atoms. The lowest BCUT2D eigenvalue weighted by atomic mass is 10.0. The number of nitrogens with one attached hydrogen (secondary N) is 2. The summed E-state index contributed by atoms with van der Waals surface area (Å²) in [5.41, 5.74) is 0.115.